The average Bonchev–Trinajstić information content (AvgIpc) is 3.03. The van der Waals surface area contributed by atoms with Gasteiger partial charge in [0.15, 0.2) is 0 Å². The van der Waals surface area contributed by atoms with E-state index in [1.807, 2.05) is 23.6 Å². The summed E-state index contributed by atoms with van der Waals surface area (Å²) in [5, 5.41) is 24.0. The van der Waals surface area contributed by atoms with Crippen LogP contribution in [0.4, 0.5) is 0 Å². The summed E-state index contributed by atoms with van der Waals surface area (Å²) in [5.74, 6) is 0.730. The predicted octanol–water partition coefficient (Wildman–Crippen LogP) is -0.0300. The summed E-state index contributed by atoms with van der Waals surface area (Å²) in [7, 11) is 0. The minimum Gasteiger partial charge on any atom is -0.409 e. The van der Waals surface area contributed by atoms with Gasteiger partial charge in [0.05, 0.1) is 0 Å². The summed E-state index contributed by atoms with van der Waals surface area (Å²) in [6, 6.07) is 0.737. The number of hydrogen-bond donors (Lipinski definition) is 2. The van der Waals surface area contributed by atoms with E-state index < -0.39 is 0 Å². The Morgan fingerprint density at radius 1 is 1.00 bits per heavy atom. The van der Waals surface area contributed by atoms with Crippen LogP contribution < -0.4 is 0 Å². The van der Waals surface area contributed by atoms with Gasteiger partial charge in [0.25, 0.3) is 0 Å². The molecule has 2 heterocycles. The second kappa shape index (κ2) is 3.04. The van der Waals surface area contributed by atoms with E-state index in [2.05, 4.69) is 10.3 Å². The molecule has 0 saturated carbocycles. The first-order valence-corrected chi connectivity index (χ1v) is 4.66. The fourth-order valence-corrected chi connectivity index (χ4v) is 1.53. The highest BCUT2D eigenvalue weighted by Crippen LogP contribution is 2.23. The fourth-order valence-electron chi connectivity index (χ4n) is 1.53. The standard InChI is InChI=1S/C8H14N4O2/c1-5-3-11(5)7(9-13)8(10-14)12-4-6(12)2/h5-6,13-14H,3-4H2,1-2H3/b9-7-,10-8-. The summed E-state index contributed by atoms with van der Waals surface area (Å²) in [6.45, 7) is 5.74. The number of hydrogen-bond acceptors (Lipinski definition) is 4. The maximum atomic E-state index is 8.85. The molecule has 2 N–H and O–H groups in total. The van der Waals surface area contributed by atoms with Crippen LogP contribution in [0.2, 0.25) is 0 Å². The van der Waals surface area contributed by atoms with Gasteiger partial charge in [-0.25, -0.2) is 0 Å². The second-order valence-corrected chi connectivity index (χ2v) is 3.85. The maximum Gasteiger partial charge on any atom is 0.214 e. The zero-order valence-electron chi connectivity index (χ0n) is 8.25. The molecular formula is C8H14N4O2. The van der Waals surface area contributed by atoms with E-state index >= 15 is 0 Å². The van der Waals surface area contributed by atoms with E-state index in [9.17, 15) is 0 Å². The molecule has 2 aliphatic heterocycles. The van der Waals surface area contributed by atoms with Gasteiger partial charge in [-0.3, -0.25) is 0 Å². The van der Waals surface area contributed by atoms with E-state index in [0.717, 1.165) is 13.1 Å². The second-order valence-electron chi connectivity index (χ2n) is 3.85. The van der Waals surface area contributed by atoms with Gasteiger partial charge in [-0.05, 0) is 13.8 Å². The first-order valence-electron chi connectivity index (χ1n) is 4.66. The minimum absolute atomic E-state index is 0.365. The fraction of sp³-hybridized carbons (Fsp3) is 0.750. The average molecular weight is 198 g/mol. The molecule has 0 spiro atoms. The lowest BCUT2D eigenvalue weighted by atomic mass is 10.5. The van der Waals surface area contributed by atoms with E-state index in [-0.39, 0.29) is 0 Å². The molecule has 6 nitrogen and oxygen atoms in total. The van der Waals surface area contributed by atoms with Crippen LogP contribution in [-0.4, -0.2) is 57.1 Å². The van der Waals surface area contributed by atoms with Gasteiger partial charge in [-0.2, -0.15) is 0 Å². The van der Waals surface area contributed by atoms with Crippen molar-refractivity contribution in [2.24, 2.45) is 10.3 Å². The van der Waals surface area contributed by atoms with Crippen LogP contribution in [0.5, 0.6) is 0 Å². The molecule has 78 valence electrons. The van der Waals surface area contributed by atoms with Crippen LogP contribution in [0, 0.1) is 0 Å². The van der Waals surface area contributed by atoms with Crippen LogP contribution in [-0.2, 0) is 0 Å². The molecule has 2 aliphatic rings. The van der Waals surface area contributed by atoms with Crippen LogP contribution in [0.3, 0.4) is 0 Å². The largest absolute Gasteiger partial charge is 0.409 e. The van der Waals surface area contributed by atoms with Gasteiger partial charge < -0.3 is 20.2 Å². The maximum absolute atomic E-state index is 8.85. The molecule has 2 unspecified atom stereocenters. The molecule has 2 saturated heterocycles. The summed E-state index contributed by atoms with van der Waals surface area (Å²) < 4.78 is 0. The van der Waals surface area contributed by atoms with E-state index in [4.69, 9.17) is 10.4 Å². The van der Waals surface area contributed by atoms with Gasteiger partial charge in [0.1, 0.15) is 0 Å². The molecule has 0 amide bonds. The molecule has 6 heteroatoms. The third-order valence-electron chi connectivity index (χ3n) is 2.65. The molecule has 0 radical (unpaired) electrons. The monoisotopic (exact) mass is 198 g/mol. The SMILES string of the molecule is CC1CN1C(=N\O)/C(=N/O)N1CC1C. The number of oxime groups is 2. The number of amidine groups is 2. The highest BCUT2D eigenvalue weighted by atomic mass is 16.4. The first kappa shape index (κ1) is 9.11. The third kappa shape index (κ3) is 1.36. The lowest BCUT2D eigenvalue weighted by molar-refractivity contribution is 0.306. The Labute approximate surface area is 82.1 Å². The van der Waals surface area contributed by atoms with Crippen molar-refractivity contribution in [3.05, 3.63) is 0 Å². The smallest absolute Gasteiger partial charge is 0.214 e. The van der Waals surface area contributed by atoms with Crippen molar-refractivity contribution in [3.8, 4) is 0 Å². The van der Waals surface area contributed by atoms with E-state index in [1.54, 1.807) is 0 Å². The summed E-state index contributed by atoms with van der Waals surface area (Å²) in [4.78, 5) is 3.75. The highest BCUT2D eigenvalue weighted by Gasteiger charge is 2.42. The Morgan fingerprint density at radius 2 is 1.29 bits per heavy atom. The van der Waals surface area contributed by atoms with Gasteiger partial charge in [0.2, 0.25) is 11.7 Å². The number of nitrogens with zero attached hydrogens (tertiary/aromatic N) is 4. The van der Waals surface area contributed by atoms with Crippen molar-refractivity contribution < 1.29 is 10.4 Å². The zero-order valence-corrected chi connectivity index (χ0v) is 8.25. The lowest BCUT2D eigenvalue weighted by Crippen LogP contribution is -2.31. The molecular weight excluding hydrogens is 184 g/mol. The molecule has 0 aliphatic carbocycles. The molecule has 2 fully saturated rings. The summed E-state index contributed by atoms with van der Waals surface area (Å²) in [5.41, 5.74) is 0. The Hall–Kier alpha value is -1.46. The molecule has 0 bridgehead atoms. The van der Waals surface area contributed by atoms with Crippen molar-refractivity contribution in [2.45, 2.75) is 25.9 Å². The van der Waals surface area contributed by atoms with Gasteiger partial charge >= 0.3 is 0 Å². The molecule has 2 rings (SSSR count). The van der Waals surface area contributed by atoms with Crippen molar-refractivity contribution >= 4 is 11.7 Å². The Kier molecular flexibility index (Phi) is 1.98. The molecule has 0 aromatic rings. The molecule has 2 atom stereocenters. The minimum atomic E-state index is 0.365. The normalized spacial score (nSPS) is 32.1. The van der Waals surface area contributed by atoms with Crippen LogP contribution in [0.15, 0.2) is 10.3 Å². The van der Waals surface area contributed by atoms with Crippen molar-refractivity contribution in [3.63, 3.8) is 0 Å². The van der Waals surface area contributed by atoms with E-state index in [0.29, 0.717) is 23.8 Å². The van der Waals surface area contributed by atoms with Crippen molar-refractivity contribution in [1.29, 1.82) is 0 Å². The van der Waals surface area contributed by atoms with Gasteiger partial charge in [-0.15, -0.1) is 0 Å². The zero-order chi connectivity index (χ0) is 10.3. The third-order valence-corrected chi connectivity index (χ3v) is 2.65. The van der Waals surface area contributed by atoms with Crippen LogP contribution in [0.1, 0.15) is 13.8 Å². The molecule has 0 aromatic carbocycles. The van der Waals surface area contributed by atoms with Crippen LogP contribution in [0.25, 0.3) is 0 Å². The summed E-state index contributed by atoms with van der Waals surface area (Å²) >= 11 is 0. The Balaban J connectivity index is 2.11. The molecule has 14 heavy (non-hydrogen) atoms. The van der Waals surface area contributed by atoms with Gasteiger partial charge in [-0.1, -0.05) is 10.3 Å². The Morgan fingerprint density at radius 3 is 1.43 bits per heavy atom. The highest BCUT2D eigenvalue weighted by molar-refractivity contribution is 6.41. The lowest BCUT2D eigenvalue weighted by Gasteiger charge is -2.09. The summed E-state index contributed by atoms with van der Waals surface area (Å²) in [6.07, 6.45) is 0. The molecule has 0 aromatic heterocycles. The van der Waals surface area contributed by atoms with E-state index in [1.165, 1.54) is 0 Å². The van der Waals surface area contributed by atoms with Crippen LogP contribution >= 0.6 is 0 Å². The topological polar surface area (TPSA) is 71.2 Å². The Bertz CT molecular complexity index is 272. The van der Waals surface area contributed by atoms with Crippen molar-refractivity contribution in [2.75, 3.05) is 13.1 Å². The van der Waals surface area contributed by atoms with Crippen molar-refractivity contribution in [1.82, 2.24) is 9.80 Å². The van der Waals surface area contributed by atoms with Gasteiger partial charge in [0, 0.05) is 25.2 Å². The predicted molar refractivity (Wildman–Crippen MR) is 50.8 cm³/mol. The quantitative estimate of drug-likeness (QED) is 0.188. The first-order chi connectivity index (χ1) is 6.69. The number of rotatable bonds is 0.